The minimum absolute atomic E-state index is 0.00733. The lowest BCUT2D eigenvalue weighted by Gasteiger charge is -2.33. The first-order valence-electron chi connectivity index (χ1n) is 14.5. The lowest BCUT2D eigenvalue weighted by molar-refractivity contribution is -0.143. The SMILES string of the molecule is CCOC(=O)C(C(C)C)S(=O)(=O)N(Cc1ccc2ccc(C(=N)N)cc2c1)c1ccc(OC2CCN(C(C)=N)CC2)cc1. The maximum absolute atomic E-state index is 14.2. The van der Waals surface area contributed by atoms with Crippen LogP contribution in [0.3, 0.4) is 0 Å². The number of benzene rings is 3. The Morgan fingerprint density at radius 3 is 2.26 bits per heavy atom. The van der Waals surface area contributed by atoms with Gasteiger partial charge < -0.3 is 20.1 Å². The first-order valence-corrected chi connectivity index (χ1v) is 16.0. The van der Waals surface area contributed by atoms with E-state index in [9.17, 15) is 13.2 Å². The van der Waals surface area contributed by atoms with Crippen LogP contribution in [0.15, 0.2) is 60.7 Å². The van der Waals surface area contributed by atoms with Gasteiger partial charge >= 0.3 is 5.97 Å². The monoisotopic (exact) mass is 607 g/mol. The Bertz CT molecular complexity index is 1580. The third-order valence-corrected chi connectivity index (χ3v) is 9.97. The average Bonchev–Trinajstić information content (AvgIpc) is 2.96. The Hall–Kier alpha value is -4.12. The average molecular weight is 608 g/mol. The van der Waals surface area contributed by atoms with Gasteiger partial charge in [0.2, 0.25) is 10.0 Å². The zero-order valence-corrected chi connectivity index (χ0v) is 26.0. The summed E-state index contributed by atoms with van der Waals surface area (Å²) in [6, 6.07) is 18.0. The summed E-state index contributed by atoms with van der Waals surface area (Å²) in [7, 11) is -4.23. The molecule has 3 aromatic carbocycles. The number of likely N-dealkylation sites (tertiary alicyclic amines) is 1. The molecular formula is C32H41N5O5S. The second-order valence-corrected chi connectivity index (χ2v) is 13.1. The minimum Gasteiger partial charge on any atom is -0.490 e. The molecule has 1 atom stereocenters. The molecule has 11 heteroatoms. The van der Waals surface area contributed by atoms with E-state index < -0.39 is 27.2 Å². The summed E-state index contributed by atoms with van der Waals surface area (Å²) in [6.07, 6.45) is 1.59. The Morgan fingerprint density at radius 1 is 1.02 bits per heavy atom. The van der Waals surface area contributed by atoms with Crippen molar-refractivity contribution in [2.75, 3.05) is 24.0 Å². The number of nitrogens with zero attached hydrogens (tertiary/aromatic N) is 2. The number of carbonyl (C=O) groups is 1. The number of anilines is 1. The van der Waals surface area contributed by atoms with E-state index in [0.717, 1.165) is 36.7 Å². The van der Waals surface area contributed by atoms with Crippen LogP contribution in [0.5, 0.6) is 5.75 Å². The van der Waals surface area contributed by atoms with Crippen molar-refractivity contribution in [3.8, 4) is 5.75 Å². The number of carbonyl (C=O) groups excluding carboxylic acids is 1. The molecule has 1 unspecified atom stereocenters. The fourth-order valence-electron chi connectivity index (χ4n) is 5.35. The summed E-state index contributed by atoms with van der Waals surface area (Å²) in [5.41, 5.74) is 7.37. The number of nitrogen functional groups attached to an aromatic ring is 1. The van der Waals surface area contributed by atoms with Gasteiger partial charge in [0.1, 0.15) is 17.7 Å². The number of nitrogens with two attached hydrogens (primary N) is 1. The van der Waals surface area contributed by atoms with E-state index in [0.29, 0.717) is 28.4 Å². The van der Waals surface area contributed by atoms with Gasteiger partial charge in [-0.05, 0) is 72.5 Å². The van der Waals surface area contributed by atoms with Gasteiger partial charge in [-0.15, -0.1) is 0 Å². The van der Waals surface area contributed by atoms with Gasteiger partial charge in [-0.3, -0.25) is 19.9 Å². The maximum Gasteiger partial charge on any atom is 0.326 e. The van der Waals surface area contributed by atoms with E-state index in [1.54, 1.807) is 64.1 Å². The number of hydrogen-bond donors (Lipinski definition) is 3. The van der Waals surface area contributed by atoms with Crippen LogP contribution in [0.2, 0.25) is 0 Å². The minimum atomic E-state index is -4.23. The number of nitrogens with one attached hydrogen (secondary N) is 2. The molecule has 1 saturated heterocycles. The van der Waals surface area contributed by atoms with Crippen molar-refractivity contribution in [2.45, 2.75) is 58.4 Å². The summed E-state index contributed by atoms with van der Waals surface area (Å²) in [5, 5.41) is 16.0. The van der Waals surface area contributed by atoms with Gasteiger partial charge in [-0.1, -0.05) is 38.1 Å². The first kappa shape index (κ1) is 31.8. The van der Waals surface area contributed by atoms with Crippen LogP contribution >= 0.6 is 0 Å². The summed E-state index contributed by atoms with van der Waals surface area (Å²) >= 11 is 0. The van der Waals surface area contributed by atoms with Crippen LogP contribution < -0.4 is 14.8 Å². The molecule has 1 fully saturated rings. The highest BCUT2D eigenvalue weighted by Crippen LogP contribution is 2.30. The quantitative estimate of drug-likeness (QED) is 0.160. The van der Waals surface area contributed by atoms with E-state index in [1.165, 1.54) is 4.31 Å². The molecule has 0 amide bonds. The molecule has 0 spiro atoms. The standard InChI is InChI=1S/C32H41N5O5S/c1-5-41-32(38)30(21(2)3)43(39,40)37(20-23-6-7-24-8-9-25(31(34)35)19-26(24)18-23)27-10-12-28(13-11-27)42-29-14-16-36(17-15-29)22(4)33/h6-13,18-19,21,29-30,33H,5,14-17,20H2,1-4H3,(H3,34,35). The van der Waals surface area contributed by atoms with E-state index in [4.69, 9.17) is 26.0 Å². The van der Waals surface area contributed by atoms with Crippen LogP contribution in [0.1, 0.15) is 51.7 Å². The van der Waals surface area contributed by atoms with Gasteiger partial charge in [0.15, 0.2) is 5.25 Å². The predicted octanol–water partition coefficient (Wildman–Crippen LogP) is 4.89. The smallest absolute Gasteiger partial charge is 0.326 e. The lowest BCUT2D eigenvalue weighted by atomic mass is 10.0. The number of piperidine rings is 1. The number of hydrogen-bond acceptors (Lipinski definition) is 7. The molecule has 1 heterocycles. The summed E-state index contributed by atoms with van der Waals surface area (Å²) < 4.78 is 41.1. The second-order valence-electron chi connectivity index (χ2n) is 11.2. The third kappa shape index (κ3) is 7.45. The second kappa shape index (κ2) is 13.5. The number of rotatable bonds is 11. The fourth-order valence-corrected chi connectivity index (χ4v) is 7.37. The summed E-state index contributed by atoms with van der Waals surface area (Å²) in [4.78, 5) is 15.0. The Morgan fingerprint density at radius 2 is 1.67 bits per heavy atom. The molecule has 10 nitrogen and oxygen atoms in total. The molecule has 0 saturated carbocycles. The maximum atomic E-state index is 14.2. The molecule has 1 aliphatic rings. The van der Waals surface area contributed by atoms with E-state index in [-0.39, 0.29) is 25.1 Å². The van der Waals surface area contributed by atoms with Crippen molar-refractivity contribution in [1.82, 2.24) is 4.90 Å². The summed E-state index contributed by atoms with van der Waals surface area (Å²) in [5.74, 6) is -0.182. The Labute approximate surface area is 253 Å². The largest absolute Gasteiger partial charge is 0.490 e. The van der Waals surface area contributed by atoms with Gasteiger partial charge in [-0.2, -0.15) is 0 Å². The third-order valence-electron chi connectivity index (χ3n) is 7.64. The lowest BCUT2D eigenvalue weighted by Crippen LogP contribution is -2.46. The molecule has 0 radical (unpaired) electrons. The van der Waals surface area contributed by atoms with Crippen LogP contribution in [0.4, 0.5) is 5.69 Å². The van der Waals surface area contributed by atoms with Gasteiger partial charge in [-0.25, -0.2) is 8.42 Å². The highest BCUT2D eigenvalue weighted by molar-refractivity contribution is 7.94. The van der Waals surface area contributed by atoms with Crippen LogP contribution in [0.25, 0.3) is 10.8 Å². The van der Waals surface area contributed by atoms with Gasteiger partial charge in [0.05, 0.1) is 24.7 Å². The molecule has 0 aliphatic carbocycles. The van der Waals surface area contributed by atoms with Crippen LogP contribution in [-0.4, -0.2) is 62.0 Å². The molecule has 3 aromatic rings. The fraction of sp³-hybridized carbons (Fsp3) is 0.406. The normalized spacial score (nSPS) is 14.9. The van der Waals surface area contributed by atoms with Crippen molar-refractivity contribution in [2.24, 2.45) is 11.7 Å². The van der Waals surface area contributed by atoms with Crippen LogP contribution in [-0.2, 0) is 26.1 Å². The zero-order chi connectivity index (χ0) is 31.3. The van der Waals surface area contributed by atoms with Gasteiger partial charge in [0.25, 0.3) is 0 Å². The first-order chi connectivity index (χ1) is 20.4. The number of fused-ring (bicyclic) bond motifs is 1. The number of amidine groups is 2. The summed E-state index contributed by atoms with van der Waals surface area (Å²) in [6.45, 7) is 8.39. The van der Waals surface area contributed by atoms with Crippen molar-refractivity contribution in [3.05, 3.63) is 71.8 Å². The molecule has 0 bridgehead atoms. The van der Waals surface area contributed by atoms with E-state index >= 15 is 0 Å². The van der Waals surface area contributed by atoms with Crippen LogP contribution in [0, 0.1) is 16.7 Å². The van der Waals surface area contributed by atoms with Crippen molar-refractivity contribution < 1.29 is 22.7 Å². The number of esters is 1. The molecule has 4 rings (SSSR count). The van der Waals surface area contributed by atoms with Crippen molar-refractivity contribution >= 4 is 44.1 Å². The number of sulfonamides is 1. The van der Waals surface area contributed by atoms with Crippen molar-refractivity contribution in [1.29, 1.82) is 10.8 Å². The molecular weight excluding hydrogens is 566 g/mol. The predicted molar refractivity (Wildman–Crippen MR) is 170 cm³/mol. The Kier molecular flexibility index (Phi) is 9.95. The highest BCUT2D eigenvalue weighted by atomic mass is 32.2. The van der Waals surface area contributed by atoms with Crippen molar-refractivity contribution in [3.63, 3.8) is 0 Å². The molecule has 0 aromatic heterocycles. The molecule has 43 heavy (non-hydrogen) atoms. The van der Waals surface area contributed by atoms with Gasteiger partial charge in [0, 0.05) is 31.5 Å². The molecule has 4 N–H and O–H groups in total. The zero-order valence-electron chi connectivity index (χ0n) is 25.2. The van der Waals surface area contributed by atoms with E-state index in [1.807, 2.05) is 29.2 Å². The molecule has 230 valence electrons. The molecule has 1 aliphatic heterocycles. The topological polar surface area (TPSA) is 150 Å². The number of ether oxygens (including phenoxy) is 2. The highest BCUT2D eigenvalue weighted by Gasteiger charge is 2.41. The Balaban J connectivity index is 1.67. The van der Waals surface area contributed by atoms with E-state index in [2.05, 4.69) is 0 Å².